The van der Waals surface area contributed by atoms with E-state index in [0.717, 1.165) is 5.56 Å². The summed E-state index contributed by atoms with van der Waals surface area (Å²) in [6.45, 7) is 0. The van der Waals surface area contributed by atoms with Crippen molar-refractivity contribution in [3.05, 3.63) is 86.9 Å². The maximum atomic E-state index is 13.0. The topological polar surface area (TPSA) is 84.0 Å². The lowest BCUT2D eigenvalue weighted by Crippen LogP contribution is -2.42. The Morgan fingerprint density at radius 1 is 1.07 bits per heavy atom. The van der Waals surface area contributed by atoms with Gasteiger partial charge in [0.05, 0.1) is 15.1 Å². The Bertz CT molecular complexity index is 1050. The summed E-state index contributed by atoms with van der Waals surface area (Å²) in [5, 5.41) is 0.627. The maximum absolute atomic E-state index is 13.0. The quantitative estimate of drug-likeness (QED) is 0.311. The summed E-state index contributed by atoms with van der Waals surface area (Å²) in [6, 6.07) is 12.5. The van der Waals surface area contributed by atoms with Crippen LogP contribution in [0.1, 0.15) is 26.4 Å². The van der Waals surface area contributed by atoms with Crippen molar-refractivity contribution >= 4 is 51.1 Å². The molecule has 0 saturated carbocycles. The van der Waals surface area contributed by atoms with Crippen LogP contribution in [0, 0.1) is 5.82 Å². The van der Waals surface area contributed by atoms with Gasteiger partial charge in [-0.25, -0.2) is 14.4 Å². The van der Waals surface area contributed by atoms with Gasteiger partial charge >= 0.3 is 0 Å². The summed E-state index contributed by atoms with van der Waals surface area (Å²) in [5.41, 5.74) is 5.78. The lowest BCUT2D eigenvalue weighted by Gasteiger charge is -2.09. The van der Waals surface area contributed by atoms with Gasteiger partial charge in [-0.15, -0.1) is 0 Å². The molecule has 0 unspecified atom stereocenters. The van der Waals surface area contributed by atoms with E-state index in [1.165, 1.54) is 36.2 Å². The lowest BCUT2D eigenvalue weighted by atomic mass is 10.2. The molecule has 148 valence electrons. The largest absolute Gasteiger partial charge is 0.289 e. The number of hydrazine groups is 1. The fourth-order valence-electron chi connectivity index (χ4n) is 2.19. The Morgan fingerprint density at radius 3 is 2.48 bits per heavy atom. The molecule has 29 heavy (non-hydrogen) atoms. The molecule has 1 heterocycles. The summed E-state index contributed by atoms with van der Waals surface area (Å²) in [4.78, 5) is 32.9. The molecular weight excluding hydrogens is 483 g/mol. The standard InChI is InChI=1S/C19H13BrClFN4O2S/c20-14-9-23-19(29-10-11-5-7-12(22)8-6-11)24-16(14)18(28)26-25-17(27)13-3-1-2-4-15(13)21/h1-9H,10H2,(H,25,27)(H,26,28). The average molecular weight is 496 g/mol. The number of nitrogens with zero attached hydrogens (tertiary/aromatic N) is 2. The smallest absolute Gasteiger partial charge is 0.267 e. The van der Waals surface area contributed by atoms with E-state index in [4.69, 9.17) is 11.6 Å². The molecule has 1 aromatic heterocycles. The first-order chi connectivity index (χ1) is 13.9. The van der Waals surface area contributed by atoms with Gasteiger partial charge in [0, 0.05) is 11.9 Å². The molecule has 0 radical (unpaired) electrons. The van der Waals surface area contributed by atoms with Gasteiger partial charge in [0.15, 0.2) is 5.16 Å². The SMILES string of the molecule is O=C(NNC(=O)c1nc(SCc2ccc(F)cc2)ncc1Br)c1ccccc1Cl. The molecule has 3 rings (SSSR count). The van der Waals surface area contributed by atoms with Crippen LogP contribution in [-0.4, -0.2) is 21.8 Å². The van der Waals surface area contributed by atoms with Crippen LogP contribution in [0.15, 0.2) is 64.4 Å². The summed E-state index contributed by atoms with van der Waals surface area (Å²) in [7, 11) is 0. The Labute approximate surface area is 183 Å². The van der Waals surface area contributed by atoms with E-state index < -0.39 is 11.8 Å². The van der Waals surface area contributed by atoms with Crippen LogP contribution in [-0.2, 0) is 5.75 Å². The van der Waals surface area contributed by atoms with Gasteiger partial charge in [0.1, 0.15) is 11.5 Å². The van der Waals surface area contributed by atoms with E-state index in [0.29, 0.717) is 15.4 Å². The number of halogens is 3. The highest BCUT2D eigenvalue weighted by Gasteiger charge is 2.16. The third-order valence-corrected chi connectivity index (χ3v) is 5.47. The highest BCUT2D eigenvalue weighted by atomic mass is 79.9. The van der Waals surface area contributed by atoms with Gasteiger partial charge in [-0.1, -0.05) is 47.6 Å². The molecule has 0 bridgehead atoms. The van der Waals surface area contributed by atoms with E-state index >= 15 is 0 Å². The number of hydrogen-bond donors (Lipinski definition) is 2. The van der Waals surface area contributed by atoms with Gasteiger partial charge < -0.3 is 0 Å². The zero-order valence-electron chi connectivity index (χ0n) is 14.7. The van der Waals surface area contributed by atoms with Crippen molar-refractivity contribution in [3.63, 3.8) is 0 Å². The molecule has 10 heteroatoms. The summed E-state index contributed by atoms with van der Waals surface area (Å²) < 4.78 is 13.3. The molecule has 0 spiro atoms. The third-order valence-electron chi connectivity index (χ3n) is 3.63. The van der Waals surface area contributed by atoms with Crippen molar-refractivity contribution in [2.75, 3.05) is 0 Å². The van der Waals surface area contributed by atoms with Crippen molar-refractivity contribution in [3.8, 4) is 0 Å². The zero-order valence-corrected chi connectivity index (χ0v) is 17.8. The van der Waals surface area contributed by atoms with Gasteiger partial charge in [-0.2, -0.15) is 0 Å². The Morgan fingerprint density at radius 2 is 1.76 bits per heavy atom. The molecule has 0 fully saturated rings. The van der Waals surface area contributed by atoms with E-state index in [9.17, 15) is 14.0 Å². The minimum absolute atomic E-state index is 0.0565. The molecule has 0 saturated heterocycles. The van der Waals surface area contributed by atoms with Crippen molar-refractivity contribution in [1.29, 1.82) is 0 Å². The number of rotatable bonds is 5. The van der Waals surface area contributed by atoms with Crippen LogP contribution in [0.3, 0.4) is 0 Å². The predicted octanol–water partition coefficient (Wildman–Crippen LogP) is 4.40. The Balaban J connectivity index is 1.64. The van der Waals surface area contributed by atoms with Crippen LogP contribution in [0.2, 0.25) is 5.02 Å². The molecule has 3 aromatic rings. The first kappa shape index (κ1) is 21.2. The minimum Gasteiger partial charge on any atom is -0.267 e. The predicted molar refractivity (Wildman–Crippen MR) is 112 cm³/mol. The molecular formula is C19H13BrClFN4O2S. The van der Waals surface area contributed by atoms with Gasteiger partial charge in [-0.3, -0.25) is 20.4 Å². The second-order valence-electron chi connectivity index (χ2n) is 5.65. The maximum Gasteiger partial charge on any atom is 0.289 e. The number of nitrogens with one attached hydrogen (secondary N) is 2. The first-order valence-corrected chi connectivity index (χ1v) is 10.3. The second kappa shape index (κ2) is 9.82. The number of carbonyl (C=O) groups is 2. The van der Waals surface area contributed by atoms with Gasteiger partial charge in [0.2, 0.25) is 0 Å². The van der Waals surface area contributed by atoms with E-state index in [1.54, 1.807) is 30.3 Å². The molecule has 6 nitrogen and oxygen atoms in total. The minimum atomic E-state index is -0.622. The number of benzene rings is 2. The summed E-state index contributed by atoms with van der Waals surface area (Å²) in [5.74, 6) is -0.980. The van der Waals surface area contributed by atoms with Crippen molar-refractivity contribution in [2.24, 2.45) is 0 Å². The number of hydrogen-bond acceptors (Lipinski definition) is 5. The van der Waals surface area contributed by atoms with Crippen LogP contribution < -0.4 is 10.9 Å². The third kappa shape index (κ3) is 5.75. The average Bonchev–Trinajstić information content (AvgIpc) is 2.72. The van der Waals surface area contributed by atoms with E-state index in [2.05, 4.69) is 36.7 Å². The van der Waals surface area contributed by atoms with Crippen LogP contribution in [0.25, 0.3) is 0 Å². The number of carbonyl (C=O) groups excluding carboxylic acids is 2. The number of aromatic nitrogens is 2. The molecule has 0 aliphatic rings. The normalized spacial score (nSPS) is 10.4. The Kier molecular flexibility index (Phi) is 7.18. The van der Waals surface area contributed by atoms with Crippen LogP contribution in [0.4, 0.5) is 4.39 Å². The molecule has 0 aliphatic carbocycles. The second-order valence-corrected chi connectivity index (χ2v) is 7.86. The van der Waals surface area contributed by atoms with Crippen LogP contribution in [0.5, 0.6) is 0 Å². The molecule has 2 amide bonds. The van der Waals surface area contributed by atoms with E-state index in [1.807, 2.05) is 0 Å². The van der Waals surface area contributed by atoms with Crippen molar-refractivity contribution in [2.45, 2.75) is 10.9 Å². The van der Waals surface area contributed by atoms with Crippen LogP contribution >= 0.6 is 39.3 Å². The van der Waals surface area contributed by atoms with Gasteiger partial charge in [0.25, 0.3) is 11.8 Å². The van der Waals surface area contributed by atoms with Gasteiger partial charge in [-0.05, 0) is 45.8 Å². The van der Waals surface area contributed by atoms with Crippen molar-refractivity contribution < 1.29 is 14.0 Å². The molecule has 0 aliphatic heterocycles. The zero-order chi connectivity index (χ0) is 20.8. The summed E-state index contributed by atoms with van der Waals surface area (Å²) in [6.07, 6.45) is 1.45. The Hall–Kier alpha value is -2.49. The molecule has 2 N–H and O–H groups in total. The lowest BCUT2D eigenvalue weighted by molar-refractivity contribution is 0.0843. The molecule has 2 aromatic carbocycles. The monoisotopic (exact) mass is 494 g/mol. The highest BCUT2D eigenvalue weighted by Crippen LogP contribution is 2.22. The number of amides is 2. The highest BCUT2D eigenvalue weighted by molar-refractivity contribution is 9.10. The fourth-order valence-corrected chi connectivity index (χ4v) is 3.56. The van der Waals surface area contributed by atoms with E-state index in [-0.39, 0.29) is 22.1 Å². The number of thioether (sulfide) groups is 1. The van der Waals surface area contributed by atoms with Crippen molar-refractivity contribution in [1.82, 2.24) is 20.8 Å². The fraction of sp³-hybridized carbons (Fsp3) is 0.0526. The molecule has 0 atom stereocenters. The summed E-state index contributed by atoms with van der Waals surface area (Å²) >= 11 is 10.5. The first-order valence-electron chi connectivity index (χ1n) is 8.19.